The molecule has 4 heterocycles. The molecule has 0 atom stereocenters. The van der Waals surface area contributed by atoms with Gasteiger partial charge in [-0.05, 0) is 93.9 Å². The third kappa shape index (κ3) is 7.26. The maximum Gasteiger partial charge on any atom is 0.230 e. The largest absolute Gasteiger partial charge is 0.378 e. The van der Waals surface area contributed by atoms with E-state index in [0.717, 1.165) is 69.3 Å². The minimum Gasteiger partial charge on any atom is -0.378 e. The summed E-state index contributed by atoms with van der Waals surface area (Å²) in [5.74, 6) is 2.43. The Hall–Kier alpha value is -1.55. The van der Waals surface area contributed by atoms with Crippen LogP contribution in [0, 0.1) is 0 Å². The number of morpholine rings is 1. The van der Waals surface area contributed by atoms with Crippen LogP contribution in [0.25, 0.3) is 0 Å². The van der Waals surface area contributed by atoms with Gasteiger partial charge in [0.05, 0.1) is 18.8 Å². The van der Waals surface area contributed by atoms with Crippen molar-refractivity contribution in [3.05, 3.63) is 5.82 Å². The van der Waals surface area contributed by atoms with Crippen LogP contribution in [0.5, 0.6) is 0 Å². The van der Waals surface area contributed by atoms with Crippen LogP contribution in [-0.2, 0) is 10.3 Å². The summed E-state index contributed by atoms with van der Waals surface area (Å²) in [6, 6.07) is 0.692. The zero-order chi connectivity index (χ0) is 29.6. The van der Waals surface area contributed by atoms with Crippen LogP contribution in [0.3, 0.4) is 0 Å². The third-order valence-corrected chi connectivity index (χ3v) is 9.24. The van der Waals surface area contributed by atoms with Crippen molar-refractivity contribution < 1.29 is 4.74 Å². The summed E-state index contributed by atoms with van der Waals surface area (Å²) < 4.78 is 5.67. The van der Waals surface area contributed by atoms with Crippen molar-refractivity contribution in [2.45, 2.75) is 148 Å². The number of rotatable bonds is 8. The fraction of sp³-hybridized carbons (Fsp3) is 0.903. The number of nitrogens with one attached hydrogen (secondary N) is 3. The minimum absolute atomic E-state index is 0.0380. The van der Waals surface area contributed by atoms with Gasteiger partial charge >= 0.3 is 0 Å². The van der Waals surface area contributed by atoms with Gasteiger partial charge in [0, 0.05) is 54.4 Å². The predicted octanol–water partition coefficient (Wildman–Crippen LogP) is 4.37. The van der Waals surface area contributed by atoms with Gasteiger partial charge in [-0.15, -0.1) is 0 Å². The number of piperidine rings is 2. The Kier molecular flexibility index (Phi) is 8.84. The summed E-state index contributed by atoms with van der Waals surface area (Å²) in [5.41, 5.74) is -0.136. The van der Waals surface area contributed by atoms with Crippen molar-refractivity contribution in [2.24, 2.45) is 0 Å². The van der Waals surface area contributed by atoms with E-state index in [4.69, 9.17) is 19.7 Å². The molecule has 9 nitrogen and oxygen atoms in total. The Morgan fingerprint density at radius 2 is 1.32 bits per heavy atom. The zero-order valence-electron chi connectivity index (χ0n) is 27.4. The summed E-state index contributed by atoms with van der Waals surface area (Å²) in [5, 5.41) is 11.8. The second-order valence-electron chi connectivity index (χ2n) is 15.4. The van der Waals surface area contributed by atoms with Gasteiger partial charge in [-0.25, -0.2) is 0 Å². The van der Waals surface area contributed by atoms with Crippen LogP contribution >= 0.6 is 0 Å². The molecule has 228 valence electrons. The number of aromatic nitrogens is 3. The minimum atomic E-state index is -0.333. The van der Waals surface area contributed by atoms with Gasteiger partial charge in [0.25, 0.3) is 0 Å². The SMILES string of the molecule is CCC(CC)(NC1CC(C)(C)NC(C)(C)C1)c1nc(N2CCOCC2)nc(N(C)C2CC(C)(C)NC(C)(C)C2)n1. The monoisotopic (exact) mass is 558 g/mol. The van der Waals surface area contributed by atoms with Crippen LogP contribution in [-0.4, -0.2) is 82.5 Å². The molecule has 1 aromatic rings. The molecule has 3 fully saturated rings. The van der Waals surface area contributed by atoms with Gasteiger partial charge in [-0.2, -0.15) is 15.0 Å². The summed E-state index contributed by atoms with van der Waals surface area (Å²) >= 11 is 0. The number of ether oxygens (including phenoxy) is 1. The third-order valence-electron chi connectivity index (χ3n) is 9.24. The molecule has 4 rings (SSSR count). The van der Waals surface area contributed by atoms with Crippen LogP contribution in [0.2, 0.25) is 0 Å². The molecule has 3 saturated heterocycles. The highest BCUT2D eigenvalue weighted by atomic mass is 16.5. The molecule has 3 N–H and O–H groups in total. The number of hydrogen-bond acceptors (Lipinski definition) is 9. The van der Waals surface area contributed by atoms with Gasteiger partial charge in [0.15, 0.2) is 5.82 Å². The molecule has 0 amide bonds. The second kappa shape index (κ2) is 11.3. The molecule has 3 aliphatic heterocycles. The topological polar surface area (TPSA) is 90.5 Å². The quantitative estimate of drug-likeness (QED) is 0.430. The molecule has 0 radical (unpaired) electrons. The first-order valence-electron chi connectivity index (χ1n) is 15.7. The van der Waals surface area contributed by atoms with Crippen LogP contribution in [0.1, 0.15) is 114 Å². The van der Waals surface area contributed by atoms with Crippen molar-refractivity contribution in [1.82, 2.24) is 30.9 Å². The first kappa shape index (κ1) is 31.4. The summed E-state index contributed by atoms with van der Waals surface area (Å²) in [7, 11) is 2.18. The van der Waals surface area contributed by atoms with Crippen LogP contribution < -0.4 is 25.8 Å². The van der Waals surface area contributed by atoms with E-state index in [1.165, 1.54) is 0 Å². The zero-order valence-corrected chi connectivity index (χ0v) is 27.4. The van der Waals surface area contributed by atoms with Crippen molar-refractivity contribution >= 4 is 11.9 Å². The molecule has 40 heavy (non-hydrogen) atoms. The normalized spacial score (nSPS) is 25.1. The van der Waals surface area contributed by atoms with Gasteiger partial charge < -0.3 is 30.5 Å². The van der Waals surface area contributed by atoms with E-state index >= 15 is 0 Å². The van der Waals surface area contributed by atoms with Gasteiger partial charge in [0.1, 0.15) is 0 Å². The van der Waals surface area contributed by atoms with Gasteiger partial charge in [0.2, 0.25) is 11.9 Å². The van der Waals surface area contributed by atoms with E-state index in [9.17, 15) is 0 Å². The number of anilines is 2. The van der Waals surface area contributed by atoms with Gasteiger partial charge in [-0.1, -0.05) is 13.8 Å². The van der Waals surface area contributed by atoms with E-state index < -0.39 is 0 Å². The number of nitrogens with zero attached hydrogens (tertiary/aromatic N) is 5. The van der Waals surface area contributed by atoms with E-state index in [-0.39, 0.29) is 27.7 Å². The highest BCUT2D eigenvalue weighted by Gasteiger charge is 2.44. The standard InChI is InChI=1S/C31H58N8O/c1-12-31(13-2,35-22-18-27(3,4)36-28(5,6)19-22)24-32-25(34-26(33-24)39-14-16-40-17-15-39)38(11)23-20-29(7,8)37-30(9,10)21-23/h22-23,35-37H,12-21H2,1-11H3. The van der Waals surface area contributed by atoms with Crippen molar-refractivity contribution in [2.75, 3.05) is 43.2 Å². The fourth-order valence-electron chi connectivity index (χ4n) is 7.99. The lowest BCUT2D eigenvalue weighted by Crippen LogP contribution is -2.64. The van der Waals surface area contributed by atoms with Crippen molar-refractivity contribution in [3.8, 4) is 0 Å². The summed E-state index contributed by atoms with van der Waals surface area (Å²) in [4.78, 5) is 20.2. The Morgan fingerprint density at radius 3 is 1.82 bits per heavy atom. The molecule has 0 unspecified atom stereocenters. The van der Waals surface area contributed by atoms with Crippen LogP contribution in [0.15, 0.2) is 0 Å². The Labute approximate surface area is 244 Å². The lowest BCUT2D eigenvalue weighted by atomic mass is 9.78. The van der Waals surface area contributed by atoms with Crippen molar-refractivity contribution in [3.63, 3.8) is 0 Å². The maximum absolute atomic E-state index is 5.67. The average Bonchev–Trinajstić information content (AvgIpc) is 2.83. The van der Waals surface area contributed by atoms with E-state index in [1.54, 1.807) is 0 Å². The summed E-state index contributed by atoms with van der Waals surface area (Å²) in [6.07, 6.45) is 6.02. The van der Waals surface area contributed by atoms with Crippen LogP contribution in [0.4, 0.5) is 11.9 Å². The van der Waals surface area contributed by atoms with Crippen molar-refractivity contribution in [1.29, 1.82) is 0 Å². The highest BCUT2D eigenvalue weighted by molar-refractivity contribution is 5.41. The molecule has 0 spiro atoms. The molecular weight excluding hydrogens is 500 g/mol. The number of hydrogen-bond donors (Lipinski definition) is 3. The van der Waals surface area contributed by atoms with E-state index in [2.05, 4.69) is 102 Å². The lowest BCUT2D eigenvalue weighted by Gasteiger charge is -2.49. The Balaban J connectivity index is 1.74. The molecule has 0 aromatic carbocycles. The Morgan fingerprint density at radius 1 is 0.825 bits per heavy atom. The first-order chi connectivity index (χ1) is 18.5. The maximum atomic E-state index is 5.67. The van der Waals surface area contributed by atoms with E-state index in [0.29, 0.717) is 25.3 Å². The molecular formula is C31H58N8O. The predicted molar refractivity (Wildman–Crippen MR) is 165 cm³/mol. The molecule has 3 aliphatic rings. The fourth-order valence-corrected chi connectivity index (χ4v) is 7.99. The summed E-state index contributed by atoms with van der Waals surface area (Å²) in [6.45, 7) is 26.0. The molecule has 0 saturated carbocycles. The second-order valence-corrected chi connectivity index (χ2v) is 15.4. The highest BCUT2D eigenvalue weighted by Crippen LogP contribution is 2.36. The molecule has 9 heteroatoms. The van der Waals surface area contributed by atoms with E-state index in [1.807, 2.05) is 0 Å². The Bertz CT molecular complexity index is 981. The first-order valence-corrected chi connectivity index (χ1v) is 15.7. The molecule has 1 aromatic heterocycles. The smallest absolute Gasteiger partial charge is 0.230 e. The lowest BCUT2D eigenvalue weighted by molar-refractivity contribution is 0.115. The average molecular weight is 559 g/mol. The van der Waals surface area contributed by atoms with Gasteiger partial charge in [-0.3, -0.25) is 0 Å². The molecule has 0 bridgehead atoms. The molecule has 0 aliphatic carbocycles.